The second-order valence-corrected chi connectivity index (χ2v) is 6.02. The van der Waals surface area contributed by atoms with Crippen molar-refractivity contribution >= 4 is 17.7 Å². The Morgan fingerprint density at radius 3 is 2.68 bits per heavy atom. The molecular formula is C15H18ClN3O6. The molecule has 3 rings (SSSR count). The van der Waals surface area contributed by atoms with Gasteiger partial charge in [0.15, 0.2) is 12.4 Å². The lowest BCUT2D eigenvalue weighted by Crippen LogP contribution is -2.66. The minimum atomic E-state index is -1.47. The van der Waals surface area contributed by atoms with E-state index in [4.69, 9.17) is 26.0 Å². The molecule has 10 heteroatoms. The maximum absolute atomic E-state index is 11.4. The Kier molecular flexibility index (Phi) is 5.50. The van der Waals surface area contributed by atoms with Crippen molar-refractivity contribution in [1.82, 2.24) is 4.53 Å². The average molecular weight is 372 g/mol. The molecule has 0 aromatic heterocycles. The highest BCUT2D eigenvalue weighted by atomic mass is 35.5. The zero-order valence-electron chi connectivity index (χ0n) is 13.3. The van der Waals surface area contributed by atoms with Crippen LogP contribution in [-0.4, -0.2) is 64.8 Å². The third-order valence-corrected chi connectivity index (χ3v) is 4.41. The summed E-state index contributed by atoms with van der Waals surface area (Å²) in [6, 6.07) is 8.26. The monoisotopic (exact) mass is 371 g/mol. The minimum absolute atomic E-state index is 0.0885. The predicted octanol–water partition coefficient (Wildman–Crippen LogP) is 1.13. The number of carboxylic acids is 1. The molecule has 0 bridgehead atoms. The number of aliphatic carboxylic acids is 1. The molecule has 136 valence electrons. The minimum Gasteiger partial charge on any atom is -0.479 e. The summed E-state index contributed by atoms with van der Waals surface area (Å²) in [4.78, 5) is 11.4. The highest BCUT2D eigenvalue weighted by Gasteiger charge is 2.54. The number of ether oxygens (including phenoxy) is 3. The third-order valence-electron chi connectivity index (χ3n) is 4.11. The number of rotatable bonds is 4. The number of nitrogens with zero attached hydrogens (tertiary/aromatic N) is 3. The standard InChI is InChI=1S/C15H18ClN3O6/c1-17-18-19(16)10-11(20)13(14(21)22)24-9-7-23-15(25-12(9)10)8-5-3-2-4-6-8/h2-6,9-13,15,20H,7H2,1H3,(H,21,22)/t9-,10-,11-,12+,13?,15?/m1/s1. The van der Waals surface area contributed by atoms with Crippen LogP contribution >= 0.6 is 11.8 Å². The molecular weight excluding hydrogens is 354 g/mol. The zero-order chi connectivity index (χ0) is 18.0. The summed E-state index contributed by atoms with van der Waals surface area (Å²) in [7, 11) is 1.41. The molecule has 0 radical (unpaired) electrons. The first-order chi connectivity index (χ1) is 12.0. The molecule has 0 aliphatic carbocycles. The molecule has 2 aliphatic heterocycles. The van der Waals surface area contributed by atoms with E-state index in [1.165, 1.54) is 7.05 Å². The van der Waals surface area contributed by atoms with Crippen LogP contribution in [0, 0.1) is 0 Å². The predicted molar refractivity (Wildman–Crippen MR) is 84.6 cm³/mol. The Bertz CT molecular complexity index is 633. The van der Waals surface area contributed by atoms with Crippen LogP contribution in [0.1, 0.15) is 11.9 Å². The molecule has 0 saturated carbocycles. The number of aliphatic hydroxyl groups is 1. The fourth-order valence-corrected chi connectivity index (χ4v) is 3.28. The zero-order valence-corrected chi connectivity index (χ0v) is 14.1. The van der Waals surface area contributed by atoms with E-state index in [0.29, 0.717) is 0 Å². The van der Waals surface area contributed by atoms with Gasteiger partial charge in [0.05, 0.1) is 13.7 Å². The first kappa shape index (κ1) is 18.0. The maximum Gasteiger partial charge on any atom is 0.335 e. The van der Waals surface area contributed by atoms with Gasteiger partial charge in [-0.3, -0.25) is 0 Å². The molecule has 25 heavy (non-hydrogen) atoms. The Morgan fingerprint density at radius 1 is 1.32 bits per heavy atom. The van der Waals surface area contributed by atoms with Gasteiger partial charge in [0.25, 0.3) is 0 Å². The van der Waals surface area contributed by atoms with Gasteiger partial charge >= 0.3 is 5.97 Å². The van der Waals surface area contributed by atoms with Gasteiger partial charge in [-0.05, 0) is 0 Å². The van der Waals surface area contributed by atoms with Crippen LogP contribution in [0.5, 0.6) is 0 Å². The molecule has 2 N–H and O–H groups in total. The van der Waals surface area contributed by atoms with Crippen LogP contribution in [0.25, 0.3) is 0 Å². The molecule has 0 spiro atoms. The van der Waals surface area contributed by atoms with E-state index in [-0.39, 0.29) is 6.61 Å². The fraction of sp³-hybridized carbons (Fsp3) is 0.533. The van der Waals surface area contributed by atoms with Gasteiger partial charge in [-0.2, -0.15) is 9.64 Å². The molecule has 2 heterocycles. The summed E-state index contributed by atoms with van der Waals surface area (Å²) in [6.45, 7) is 0.0885. The van der Waals surface area contributed by atoms with Crippen molar-refractivity contribution in [2.45, 2.75) is 36.7 Å². The van der Waals surface area contributed by atoms with Gasteiger partial charge in [0.1, 0.15) is 24.4 Å². The first-order valence-electron chi connectivity index (χ1n) is 7.66. The smallest absolute Gasteiger partial charge is 0.335 e. The average Bonchev–Trinajstić information content (AvgIpc) is 2.61. The van der Waals surface area contributed by atoms with E-state index in [9.17, 15) is 15.0 Å². The second-order valence-electron chi connectivity index (χ2n) is 5.67. The van der Waals surface area contributed by atoms with Gasteiger partial charge < -0.3 is 24.4 Å². The summed E-state index contributed by atoms with van der Waals surface area (Å²) < 4.78 is 17.9. The van der Waals surface area contributed by atoms with E-state index in [1.54, 1.807) is 0 Å². The van der Waals surface area contributed by atoms with Crippen molar-refractivity contribution in [1.29, 1.82) is 0 Å². The topological polar surface area (TPSA) is 113 Å². The molecule has 1 aromatic rings. The molecule has 6 atom stereocenters. The molecule has 2 saturated heterocycles. The van der Waals surface area contributed by atoms with Crippen molar-refractivity contribution in [3.05, 3.63) is 35.9 Å². The van der Waals surface area contributed by atoms with Crippen molar-refractivity contribution in [2.24, 2.45) is 10.3 Å². The van der Waals surface area contributed by atoms with Crippen molar-refractivity contribution in [3.63, 3.8) is 0 Å². The fourth-order valence-electron chi connectivity index (χ4n) is 2.99. The molecule has 2 aliphatic rings. The second kappa shape index (κ2) is 7.63. The van der Waals surface area contributed by atoms with Gasteiger partial charge in [-0.25, -0.2) is 4.79 Å². The largest absolute Gasteiger partial charge is 0.479 e. The van der Waals surface area contributed by atoms with Gasteiger partial charge in [-0.1, -0.05) is 35.6 Å². The van der Waals surface area contributed by atoms with E-state index < -0.39 is 42.7 Å². The molecule has 2 fully saturated rings. The Hall–Kier alpha value is -1.78. The number of carboxylic acid groups (broad SMARTS) is 1. The lowest BCUT2D eigenvalue weighted by Gasteiger charge is -2.47. The number of aliphatic hydroxyl groups excluding tert-OH is 1. The normalized spacial score (nSPS) is 35.3. The van der Waals surface area contributed by atoms with Crippen LogP contribution < -0.4 is 0 Å². The quantitative estimate of drug-likeness (QED) is 0.463. The molecule has 1 aromatic carbocycles. The Labute approximate surface area is 148 Å². The number of carbonyl (C=O) groups is 1. The van der Waals surface area contributed by atoms with Crippen molar-refractivity contribution in [2.75, 3.05) is 13.7 Å². The number of halogens is 1. The molecule has 9 nitrogen and oxygen atoms in total. The third kappa shape index (κ3) is 3.60. The van der Waals surface area contributed by atoms with E-state index >= 15 is 0 Å². The number of fused-ring (bicyclic) bond motifs is 1. The van der Waals surface area contributed by atoms with E-state index in [2.05, 4.69) is 10.3 Å². The van der Waals surface area contributed by atoms with Crippen molar-refractivity contribution in [3.8, 4) is 0 Å². The summed E-state index contributed by atoms with van der Waals surface area (Å²) in [5, 5.41) is 27.0. The number of hydrogen-bond acceptors (Lipinski definition) is 7. The van der Waals surface area contributed by atoms with Crippen LogP contribution in [-0.2, 0) is 19.0 Å². The number of hydrogen-bond donors (Lipinski definition) is 2. The Morgan fingerprint density at radius 2 is 2.04 bits per heavy atom. The first-order valence-corrected chi connectivity index (χ1v) is 8.00. The highest BCUT2D eigenvalue weighted by Crippen LogP contribution is 2.36. The van der Waals surface area contributed by atoms with Crippen molar-refractivity contribution < 1.29 is 29.2 Å². The molecule has 0 amide bonds. The number of benzene rings is 1. The maximum atomic E-state index is 11.4. The summed E-state index contributed by atoms with van der Waals surface area (Å²) in [5.74, 6) is -1.31. The summed E-state index contributed by atoms with van der Waals surface area (Å²) in [6.07, 6.45) is -5.10. The lowest BCUT2D eigenvalue weighted by molar-refractivity contribution is -0.313. The Balaban J connectivity index is 1.87. The van der Waals surface area contributed by atoms with Crippen LogP contribution in [0.15, 0.2) is 40.7 Å². The van der Waals surface area contributed by atoms with Crippen LogP contribution in [0.2, 0.25) is 0 Å². The van der Waals surface area contributed by atoms with E-state index in [1.807, 2.05) is 30.3 Å². The van der Waals surface area contributed by atoms with E-state index in [0.717, 1.165) is 10.1 Å². The molecule has 2 unspecified atom stereocenters. The van der Waals surface area contributed by atoms with Gasteiger partial charge in [-0.15, -0.1) is 0 Å². The van der Waals surface area contributed by atoms with Crippen LogP contribution in [0.4, 0.5) is 0 Å². The highest BCUT2D eigenvalue weighted by molar-refractivity contribution is 6.13. The van der Waals surface area contributed by atoms with Gasteiger partial charge in [0, 0.05) is 17.3 Å². The van der Waals surface area contributed by atoms with Crippen LogP contribution in [0.3, 0.4) is 0 Å². The lowest BCUT2D eigenvalue weighted by atomic mass is 9.92. The summed E-state index contributed by atoms with van der Waals surface area (Å²) in [5.41, 5.74) is 0.785. The SMILES string of the molecule is CN=NN(Cl)[C@H]1[C@H]2OC(c3ccccc3)OC[C@H]2OC(C(=O)O)[C@@H]1O. The van der Waals surface area contributed by atoms with Gasteiger partial charge in [0.2, 0.25) is 0 Å². The summed E-state index contributed by atoms with van der Waals surface area (Å²) >= 11 is 6.08.